The summed E-state index contributed by atoms with van der Waals surface area (Å²) in [5.74, 6) is 1.39. The van der Waals surface area contributed by atoms with Crippen LogP contribution in [0.3, 0.4) is 0 Å². The van der Waals surface area contributed by atoms with Crippen LogP contribution in [0, 0.1) is 5.92 Å². The largest absolute Gasteiger partial charge is 0.508 e. The van der Waals surface area contributed by atoms with Gasteiger partial charge in [0.15, 0.2) is 0 Å². The number of fused-ring (bicyclic) bond motifs is 2. The molecule has 2 aromatic carbocycles. The first-order valence-corrected chi connectivity index (χ1v) is 14.1. The van der Waals surface area contributed by atoms with Gasteiger partial charge in [-0.15, -0.1) is 0 Å². The van der Waals surface area contributed by atoms with Crippen molar-refractivity contribution in [2.45, 2.75) is 82.4 Å². The number of piperidine rings is 1. The molecule has 0 aromatic heterocycles. The van der Waals surface area contributed by atoms with Gasteiger partial charge in [-0.1, -0.05) is 31.4 Å². The Hall–Kier alpha value is -2.87. The molecule has 5 rings (SSSR count). The summed E-state index contributed by atoms with van der Waals surface area (Å²) in [7, 11) is 0. The van der Waals surface area contributed by atoms with Crippen LogP contribution in [0.4, 0.5) is 19.3 Å². The van der Waals surface area contributed by atoms with Crippen molar-refractivity contribution in [3.8, 4) is 11.5 Å². The maximum absolute atomic E-state index is 13.4. The molecule has 3 fully saturated rings. The summed E-state index contributed by atoms with van der Waals surface area (Å²) in [6, 6.07) is 14.6. The van der Waals surface area contributed by atoms with Crippen molar-refractivity contribution in [1.29, 1.82) is 0 Å². The number of amides is 2. The van der Waals surface area contributed by atoms with Crippen molar-refractivity contribution in [2.24, 2.45) is 5.92 Å². The van der Waals surface area contributed by atoms with Gasteiger partial charge in [-0.05, 0) is 92.3 Å². The highest BCUT2D eigenvalue weighted by Gasteiger charge is 2.41. The molecule has 1 unspecified atom stereocenters. The number of phenols is 1. The summed E-state index contributed by atoms with van der Waals surface area (Å²) in [6.45, 7) is -0.614. The number of carbonyl (C=O) groups excluding carboxylic acids is 1. The van der Waals surface area contributed by atoms with E-state index < -0.39 is 6.61 Å². The van der Waals surface area contributed by atoms with Crippen LogP contribution >= 0.6 is 0 Å². The normalized spacial score (nSPS) is 23.9. The number of alkyl halides is 2. The zero-order chi connectivity index (χ0) is 26.5. The Morgan fingerprint density at radius 2 is 1.74 bits per heavy atom. The van der Waals surface area contributed by atoms with E-state index in [1.165, 1.54) is 49.8 Å². The maximum atomic E-state index is 13.4. The lowest BCUT2D eigenvalue weighted by Gasteiger charge is -2.40. The summed E-state index contributed by atoms with van der Waals surface area (Å²) >= 11 is 0. The first-order valence-electron chi connectivity index (χ1n) is 14.1. The van der Waals surface area contributed by atoms with Crippen LogP contribution in [0.2, 0.25) is 0 Å². The first-order chi connectivity index (χ1) is 18.4. The molecule has 2 aliphatic heterocycles. The van der Waals surface area contributed by atoms with Crippen molar-refractivity contribution < 1.29 is 23.4 Å². The fourth-order valence-corrected chi connectivity index (χ4v) is 6.81. The minimum atomic E-state index is -2.87. The predicted molar refractivity (Wildman–Crippen MR) is 144 cm³/mol. The van der Waals surface area contributed by atoms with Gasteiger partial charge in [0.25, 0.3) is 0 Å². The fourth-order valence-electron chi connectivity index (χ4n) is 6.81. The van der Waals surface area contributed by atoms with E-state index in [9.17, 15) is 18.7 Å². The lowest BCUT2D eigenvalue weighted by molar-refractivity contribution is -0.0498. The number of rotatable bonds is 9. The quantitative estimate of drug-likeness (QED) is 0.376. The number of ether oxygens (including phenoxy) is 1. The van der Waals surface area contributed by atoms with Gasteiger partial charge in [-0.2, -0.15) is 8.78 Å². The molecule has 2 bridgehead atoms. The number of benzene rings is 2. The van der Waals surface area contributed by atoms with Crippen molar-refractivity contribution in [2.75, 3.05) is 25.0 Å². The molecule has 1 saturated carbocycles. The van der Waals surface area contributed by atoms with Crippen molar-refractivity contribution in [3.63, 3.8) is 0 Å². The second-order valence-electron chi connectivity index (χ2n) is 11.2. The average molecular weight is 528 g/mol. The van der Waals surface area contributed by atoms with Gasteiger partial charge in [0.05, 0.1) is 0 Å². The highest BCUT2D eigenvalue weighted by molar-refractivity contribution is 5.89. The van der Waals surface area contributed by atoms with Gasteiger partial charge < -0.3 is 20.1 Å². The monoisotopic (exact) mass is 527 g/mol. The van der Waals surface area contributed by atoms with E-state index in [4.69, 9.17) is 0 Å². The lowest BCUT2D eigenvalue weighted by Crippen LogP contribution is -2.48. The minimum absolute atomic E-state index is 0.0710. The maximum Gasteiger partial charge on any atom is 0.387 e. The zero-order valence-electron chi connectivity index (χ0n) is 21.9. The van der Waals surface area contributed by atoms with Gasteiger partial charge >= 0.3 is 12.6 Å². The summed E-state index contributed by atoms with van der Waals surface area (Å²) in [4.78, 5) is 18.0. The molecular weight excluding hydrogens is 488 g/mol. The van der Waals surface area contributed by atoms with E-state index in [1.807, 2.05) is 17.0 Å². The van der Waals surface area contributed by atoms with E-state index in [-0.39, 0.29) is 11.8 Å². The molecule has 206 valence electrons. The molecule has 0 spiro atoms. The Morgan fingerprint density at radius 3 is 2.39 bits per heavy atom. The van der Waals surface area contributed by atoms with E-state index in [0.717, 1.165) is 38.8 Å². The first kappa shape index (κ1) is 26.7. The third-order valence-electron chi connectivity index (χ3n) is 8.68. The van der Waals surface area contributed by atoms with E-state index in [1.54, 1.807) is 18.2 Å². The third kappa shape index (κ3) is 6.76. The Labute approximate surface area is 224 Å². The Bertz CT molecular complexity index is 1050. The number of carbonyl (C=O) groups is 1. The summed E-state index contributed by atoms with van der Waals surface area (Å²) in [6.07, 6.45) is 10.6. The Kier molecular flexibility index (Phi) is 8.67. The highest BCUT2D eigenvalue weighted by atomic mass is 19.3. The molecule has 2 amide bonds. The molecule has 1 aliphatic carbocycles. The van der Waals surface area contributed by atoms with Gasteiger partial charge in [0.1, 0.15) is 11.5 Å². The molecule has 2 saturated heterocycles. The number of aromatic hydroxyl groups is 1. The zero-order valence-corrected chi connectivity index (χ0v) is 21.9. The number of anilines is 1. The smallest absolute Gasteiger partial charge is 0.387 e. The van der Waals surface area contributed by atoms with Crippen LogP contribution < -0.4 is 10.1 Å². The fraction of sp³-hybridized carbons (Fsp3) is 0.567. The van der Waals surface area contributed by atoms with Crippen molar-refractivity contribution in [3.05, 3.63) is 54.1 Å². The number of phenolic OH excluding ortho intramolecular Hbond substituents is 1. The van der Waals surface area contributed by atoms with E-state index in [2.05, 4.69) is 21.0 Å². The number of nitrogens with zero attached hydrogens (tertiary/aromatic N) is 2. The molecule has 2 aromatic rings. The molecule has 2 N–H and O–H groups in total. The summed E-state index contributed by atoms with van der Waals surface area (Å²) in [5, 5.41) is 12.9. The molecule has 3 atom stereocenters. The van der Waals surface area contributed by atoms with Gasteiger partial charge in [0.2, 0.25) is 0 Å². The summed E-state index contributed by atoms with van der Waals surface area (Å²) in [5.41, 5.74) is 1.79. The molecular formula is C30H39F2N3O3. The van der Waals surface area contributed by atoms with Crippen LogP contribution in [-0.4, -0.2) is 59.3 Å². The third-order valence-corrected chi connectivity index (χ3v) is 8.68. The Balaban J connectivity index is 1.21. The molecule has 0 radical (unpaired) electrons. The van der Waals surface area contributed by atoms with E-state index >= 15 is 0 Å². The van der Waals surface area contributed by atoms with Gasteiger partial charge in [0, 0.05) is 37.4 Å². The topological polar surface area (TPSA) is 65.0 Å². The second-order valence-corrected chi connectivity index (χ2v) is 11.2. The van der Waals surface area contributed by atoms with Crippen molar-refractivity contribution >= 4 is 11.7 Å². The van der Waals surface area contributed by atoms with Crippen molar-refractivity contribution in [1.82, 2.24) is 9.80 Å². The van der Waals surface area contributed by atoms with Crippen LogP contribution in [0.15, 0.2) is 48.5 Å². The number of urea groups is 1. The predicted octanol–water partition coefficient (Wildman–Crippen LogP) is 6.82. The second kappa shape index (κ2) is 12.3. The van der Waals surface area contributed by atoms with Crippen LogP contribution in [0.1, 0.15) is 69.3 Å². The molecule has 2 heterocycles. The molecule has 8 heteroatoms. The van der Waals surface area contributed by atoms with Gasteiger partial charge in [-0.3, -0.25) is 4.90 Å². The highest BCUT2D eigenvalue weighted by Crippen LogP contribution is 2.43. The molecule has 6 nitrogen and oxygen atoms in total. The summed E-state index contributed by atoms with van der Waals surface area (Å²) < 4.78 is 29.4. The van der Waals surface area contributed by atoms with Gasteiger partial charge in [-0.25, -0.2) is 4.79 Å². The number of nitrogens with one attached hydrogen (secondary N) is 1. The number of halogens is 2. The van der Waals surface area contributed by atoms with Crippen LogP contribution in [-0.2, 0) is 0 Å². The molecule has 3 aliphatic rings. The standard InChI is InChI=1S/C30H39F2N3O3/c31-29(32)38-28-13-9-24(10-14-28)33-30(37)34(20-21-5-2-1-3-6-21)15-16-35-25-11-12-26(35)18-23(17-25)22-7-4-8-27(36)19-22/h4,7-10,13-14,19,21,23,25-26,29,36H,1-3,5-6,11-12,15-18,20H2,(H,33,37)/t23?,25-,26+. The van der Waals surface area contributed by atoms with Crippen LogP contribution in [0.25, 0.3) is 0 Å². The van der Waals surface area contributed by atoms with E-state index in [0.29, 0.717) is 41.9 Å². The molecule has 38 heavy (non-hydrogen) atoms. The van der Waals surface area contributed by atoms with Crippen LogP contribution in [0.5, 0.6) is 11.5 Å². The lowest BCUT2D eigenvalue weighted by atomic mass is 9.85. The number of hydrogen-bond donors (Lipinski definition) is 2. The Morgan fingerprint density at radius 1 is 1.03 bits per heavy atom. The average Bonchev–Trinajstić information content (AvgIpc) is 3.14. The SMILES string of the molecule is O=C(Nc1ccc(OC(F)F)cc1)N(CCN1[C@@H]2CC[C@H]1CC(c1cccc(O)c1)C2)CC1CCCCC1. The minimum Gasteiger partial charge on any atom is -0.508 e. The number of hydrogen-bond acceptors (Lipinski definition) is 4.